The van der Waals surface area contributed by atoms with Crippen LogP contribution in [0.4, 0.5) is 0 Å². The lowest BCUT2D eigenvalue weighted by molar-refractivity contribution is 0.199. The van der Waals surface area contributed by atoms with Crippen LogP contribution in [-0.4, -0.2) is 12.2 Å². The molecule has 1 fully saturated rings. The quantitative estimate of drug-likeness (QED) is 0.935. The Morgan fingerprint density at radius 1 is 1.10 bits per heavy atom. The molecule has 1 saturated carbocycles. The van der Waals surface area contributed by atoms with Crippen molar-refractivity contribution in [2.75, 3.05) is 0 Å². The molecule has 2 aromatic carbocycles. The van der Waals surface area contributed by atoms with Crippen LogP contribution in [0.2, 0.25) is 0 Å². The SMILES string of the molecule is NC(c1cccc(OC2CC2)c1)C1Cc2ccccc2O1. The van der Waals surface area contributed by atoms with Gasteiger partial charge in [-0.1, -0.05) is 30.3 Å². The zero-order valence-corrected chi connectivity index (χ0v) is 11.9. The molecule has 1 aliphatic heterocycles. The van der Waals surface area contributed by atoms with Crippen LogP contribution < -0.4 is 15.2 Å². The number of nitrogens with two attached hydrogens (primary N) is 1. The standard InChI is InChI=1S/C18H19NO2/c19-18(17-11-12-4-1-2-7-16(12)21-17)13-5-3-6-15(10-13)20-14-8-9-14/h1-7,10,14,17-18H,8-9,11,19H2. The lowest BCUT2D eigenvalue weighted by Gasteiger charge is -2.20. The van der Waals surface area contributed by atoms with E-state index in [1.165, 1.54) is 5.56 Å². The van der Waals surface area contributed by atoms with Gasteiger partial charge in [0.15, 0.2) is 0 Å². The van der Waals surface area contributed by atoms with Crippen LogP contribution in [0, 0.1) is 0 Å². The largest absolute Gasteiger partial charge is 0.490 e. The van der Waals surface area contributed by atoms with E-state index in [4.69, 9.17) is 15.2 Å². The van der Waals surface area contributed by atoms with Crippen LogP contribution >= 0.6 is 0 Å². The summed E-state index contributed by atoms with van der Waals surface area (Å²) < 4.78 is 11.8. The molecule has 2 N–H and O–H groups in total. The molecule has 3 heteroatoms. The zero-order valence-electron chi connectivity index (χ0n) is 11.9. The minimum Gasteiger partial charge on any atom is -0.490 e. The normalized spacial score (nSPS) is 21.5. The van der Waals surface area contributed by atoms with Crippen LogP contribution in [0.25, 0.3) is 0 Å². The van der Waals surface area contributed by atoms with Crippen molar-refractivity contribution in [2.45, 2.75) is 37.5 Å². The summed E-state index contributed by atoms with van der Waals surface area (Å²) in [5.74, 6) is 1.88. The van der Waals surface area contributed by atoms with Gasteiger partial charge in [0, 0.05) is 6.42 Å². The van der Waals surface area contributed by atoms with Gasteiger partial charge >= 0.3 is 0 Å². The Kier molecular flexibility index (Phi) is 3.08. The van der Waals surface area contributed by atoms with E-state index >= 15 is 0 Å². The summed E-state index contributed by atoms with van der Waals surface area (Å²) in [7, 11) is 0. The summed E-state index contributed by atoms with van der Waals surface area (Å²) in [5.41, 5.74) is 8.73. The first-order valence-electron chi connectivity index (χ1n) is 7.56. The fourth-order valence-corrected chi connectivity index (χ4v) is 2.80. The second-order valence-corrected chi connectivity index (χ2v) is 5.88. The number of rotatable bonds is 4. The van der Waals surface area contributed by atoms with Crippen LogP contribution in [0.3, 0.4) is 0 Å². The topological polar surface area (TPSA) is 44.5 Å². The third-order valence-electron chi connectivity index (χ3n) is 4.14. The van der Waals surface area contributed by atoms with Gasteiger partial charge in [-0.2, -0.15) is 0 Å². The first-order valence-corrected chi connectivity index (χ1v) is 7.56. The highest BCUT2D eigenvalue weighted by atomic mass is 16.5. The Hall–Kier alpha value is -2.00. The third-order valence-corrected chi connectivity index (χ3v) is 4.14. The Morgan fingerprint density at radius 3 is 2.76 bits per heavy atom. The molecule has 0 aromatic heterocycles. The van der Waals surface area contributed by atoms with Crippen molar-refractivity contribution < 1.29 is 9.47 Å². The second-order valence-electron chi connectivity index (χ2n) is 5.88. The summed E-state index contributed by atoms with van der Waals surface area (Å²) in [6, 6.07) is 16.1. The molecule has 0 saturated heterocycles. The van der Waals surface area contributed by atoms with Gasteiger partial charge in [-0.25, -0.2) is 0 Å². The lowest BCUT2D eigenvalue weighted by atomic mass is 9.98. The molecule has 3 nitrogen and oxygen atoms in total. The molecule has 1 aliphatic carbocycles. The Balaban J connectivity index is 1.51. The number of hydrogen-bond acceptors (Lipinski definition) is 3. The molecule has 0 bridgehead atoms. The maximum absolute atomic E-state index is 6.41. The Morgan fingerprint density at radius 2 is 1.95 bits per heavy atom. The molecule has 0 radical (unpaired) electrons. The first kappa shape index (κ1) is 12.7. The molecule has 4 rings (SSSR count). The maximum Gasteiger partial charge on any atom is 0.123 e. The highest BCUT2D eigenvalue weighted by Crippen LogP contribution is 2.34. The van der Waals surface area contributed by atoms with Gasteiger partial charge in [0.05, 0.1) is 12.1 Å². The fraction of sp³-hybridized carbons (Fsp3) is 0.333. The number of benzene rings is 2. The van der Waals surface area contributed by atoms with Gasteiger partial charge < -0.3 is 15.2 Å². The van der Waals surface area contributed by atoms with E-state index in [9.17, 15) is 0 Å². The van der Waals surface area contributed by atoms with Crippen molar-refractivity contribution >= 4 is 0 Å². The van der Waals surface area contributed by atoms with E-state index in [0.29, 0.717) is 6.10 Å². The number of para-hydroxylation sites is 1. The van der Waals surface area contributed by atoms with Gasteiger partial charge in [-0.05, 0) is 42.2 Å². The van der Waals surface area contributed by atoms with E-state index < -0.39 is 0 Å². The van der Waals surface area contributed by atoms with Crippen molar-refractivity contribution in [1.29, 1.82) is 0 Å². The monoisotopic (exact) mass is 281 g/mol. The molecule has 0 spiro atoms. The van der Waals surface area contributed by atoms with Crippen molar-refractivity contribution in [3.63, 3.8) is 0 Å². The van der Waals surface area contributed by atoms with Gasteiger partial charge in [0.2, 0.25) is 0 Å². The van der Waals surface area contributed by atoms with E-state index in [0.717, 1.165) is 36.3 Å². The molecule has 108 valence electrons. The van der Waals surface area contributed by atoms with E-state index in [1.807, 2.05) is 30.3 Å². The number of fused-ring (bicyclic) bond motifs is 1. The third kappa shape index (κ3) is 2.61. The average Bonchev–Trinajstić information content (AvgIpc) is 3.21. The summed E-state index contributed by atoms with van der Waals surface area (Å²) in [6.07, 6.45) is 3.60. The van der Waals surface area contributed by atoms with Crippen LogP contribution in [0.5, 0.6) is 11.5 Å². The van der Waals surface area contributed by atoms with Crippen LogP contribution in [0.1, 0.15) is 30.0 Å². The summed E-state index contributed by atoms with van der Waals surface area (Å²) in [5, 5.41) is 0. The smallest absolute Gasteiger partial charge is 0.123 e. The van der Waals surface area contributed by atoms with Crippen LogP contribution in [0.15, 0.2) is 48.5 Å². The first-order chi connectivity index (χ1) is 10.3. The molecule has 2 aliphatic rings. The predicted molar refractivity (Wildman–Crippen MR) is 81.6 cm³/mol. The highest BCUT2D eigenvalue weighted by Gasteiger charge is 2.29. The molecule has 21 heavy (non-hydrogen) atoms. The summed E-state index contributed by atoms with van der Waals surface area (Å²) >= 11 is 0. The predicted octanol–water partition coefficient (Wildman–Crippen LogP) is 3.23. The Labute approximate surface area is 124 Å². The molecular formula is C18H19NO2. The zero-order chi connectivity index (χ0) is 14.2. The van der Waals surface area contributed by atoms with Gasteiger partial charge in [-0.15, -0.1) is 0 Å². The van der Waals surface area contributed by atoms with Crippen molar-refractivity contribution in [1.82, 2.24) is 0 Å². The molecule has 2 aromatic rings. The second kappa shape index (κ2) is 5.08. The minimum atomic E-state index is -0.139. The number of hydrogen-bond donors (Lipinski definition) is 1. The van der Waals surface area contributed by atoms with Crippen molar-refractivity contribution in [3.05, 3.63) is 59.7 Å². The van der Waals surface area contributed by atoms with E-state index in [2.05, 4.69) is 18.2 Å². The average molecular weight is 281 g/mol. The minimum absolute atomic E-state index is 0.00132. The van der Waals surface area contributed by atoms with Crippen LogP contribution in [-0.2, 0) is 6.42 Å². The fourth-order valence-electron chi connectivity index (χ4n) is 2.80. The van der Waals surface area contributed by atoms with E-state index in [-0.39, 0.29) is 12.1 Å². The molecule has 2 unspecified atom stereocenters. The maximum atomic E-state index is 6.41. The van der Waals surface area contributed by atoms with Gasteiger partial charge in [0.1, 0.15) is 17.6 Å². The lowest BCUT2D eigenvalue weighted by Crippen LogP contribution is -2.30. The van der Waals surface area contributed by atoms with Gasteiger partial charge in [0.25, 0.3) is 0 Å². The summed E-state index contributed by atoms with van der Waals surface area (Å²) in [4.78, 5) is 0. The molecule has 0 amide bonds. The van der Waals surface area contributed by atoms with Crippen molar-refractivity contribution in [3.8, 4) is 11.5 Å². The number of ether oxygens (including phenoxy) is 2. The molecular weight excluding hydrogens is 262 g/mol. The van der Waals surface area contributed by atoms with Gasteiger partial charge in [-0.3, -0.25) is 0 Å². The van der Waals surface area contributed by atoms with Crippen molar-refractivity contribution in [2.24, 2.45) is 5.73 Å². The summed E-state index contributed by atoms with van der Waals surface area (Å²) in [6.45, 7) is 0. The Bertz CT molecular complexity index is 626. The van der Waals surface area contributed by atoms with E-state index in [1.54, 1.807) is 0 Å². The highest BCUT2D eigenvalue weighted by molar-refractivity contribution is 5.39. The molecule has 2 atom stereocenters. The molecule has 1 heterocycles.